The van der Waals surface area contributed by atoms with Gasteiger partial charge in [-0.15, -0.1) is 0 Å². The van der Waals surface area contributed by atoms with Crippen molar-refractivity contribution in [3.8, 4) is 0 Å². The summed E-state index contributed by atoms with van der Waals surface area (Å²) in [6, 6.07) is 43.7. The molecule has 0 radical (unpaired) electrons. The molecule has 0 aliphatic heterocycles. The van der Waals surface area contributed by atoms with Crippen LogP contribution in [-0.4, -0.2) is 89.7 Å². The highest BCUT2D eigenvalue weighted by molar-refractivity contribution is 5.86. The lowest BCUT2D eigenvalue weighted by Gasteiger charge is -1.97. The molecule has 0 aliphatic carbocycles. The Morgan fingerprint density at radius 3 is 1.10 bits per heavy atom. The van der Waals surface area contributed by atoms with Crippen LogP contribution in [0.2, 0.25) is 0 Å². The van der Waals surface area contributed by atoms with E-state index in [4.69, 9.17) is 0 Å². The van der Waals surface area contributed by atoms with Gasteiger partial charge in [0.05, 0.1) is 55.3 Å². The Morgan fingerprint density at radius 2 is 0.521 bits per heavy atom. The first-order valence-corrected chi connectivity index (χ1v) is 40.8. The topological polar surface area (TPSA) is 232 Å². The van der Waals surface area contributed by atoms with Crippen LogP contribution in [0.4, 0.5) is 0 Å². The van der Waals surface area contributed by atoms with Crippen molar-refractivity contribution in [2.24, 2.45) is 0 Å². The number of pyridine rings is 12. The van der Waals surface area contributed by atoms with Gasteiger partial charge in [0.1, 0.15) is 12.7 Å². The maximum atomic E-state index is 4.24. The standard InChI is InChI=1S/9C9H8N2.9C2H6/c1-7-2-5-11-9-3-4-10-6-8(7)9;1-7-9-6-10-4-2-8(9)3-5-11-7;1-7-4-11-5-8-2-3-10-6-9(7)8;1-7-9-8(4-6-10-7)3-2-5-11-9;1-7-4-6-10-8-3-2-5-11-9(7)8;1-7-5-10-6-8-3-2-4-11-9(7)8;1-7-3-2-4-9-8(7)5-10-6-11-9;1-7-3-2-4-8-5-10-6-11-9(7)8;1-7-3-2-4-8-9(7)11-6-5-10-8;9*1-2/h9*2-6H,1H3;9*1-2H3. The minimum atomic E-state index is 0.965. The second-order valence-electron chi connectivity index (χ2n) is 22.6. The Kier molecular flexibility index (Phi) is 54.5. The van der Waals surface area contributed by atoms with E-state index < -0.39 is 0 Å². The molecule has 0 atom stereocenters. The third-order valence-electron chi connectivity index (χ3n) is 15.6. The third-order valence-corrected chi connectivity index (χ3v) is 15.6. The Labute approximate surface area is 697 Å². The Bertz CT molecular complexity index is 4500. The molecule has 0 fully saturated rings. The molecule has 18 nitrogen and oxygen atoms in total. The third kappa shape index (κ3) is 33.9. The predicted octanol–water partition coefficient (Wildman–Crippen LogP) is 26.7. The van der Waals surface area contributed by atoms with Crippen LogP contribution in [0.25, 0.3) is 98.1 Å². The lowest BCUT2D eigenvalue weighted by molar-refractivity contribution is 1.20. The van der Waals surface area contributed by atoms with Crippen molar-refractivity contribution in [3.63, 3.8) is 0 Å². The van der Waals surface area contributed by atoms with Crippen molar-refractivity contribution in [1.82, 2.24) is 89.7 Å². The fourth-order valence-electron chi connectivity index (χ4n) is 10.3. The molecule has 3 aromatic carbocycles. The van der Waals surface area contributed by atoms with Crippen LogP contribution in [0.1, 0.15) is 175 Å². The number of rotatable bonds is 0. The van der Waals surface area contributed by atoms with Crippen molar-refractivity contribution >= 4 is 98.1 Å². The summed E-state index contributed by atoms with van der Waals surface area (Å²) in [6.07, 6.45) is 41.1. The molecule has 0 unspecified atom stereocenters. The van der Waals surface area contributed by atoms with Gasteiger partial charge in [-0.1, -0.05) is 173 Å². The Morgan fingerprint density at radius 1 is 0.162 bits per heavy atom. The number of benzene rings is 3. The summed E-state index contributed by atoms with van der Waals surface area (Å²) in [5.74, 6) is 0. The van der Waals surface area contributed by atoms with Crippen molar-refractivity contribution < 1.29 is 0 Å². The van der Waals surface area contributed by atoms with E-state index in [-0.39, 0.29) is 0 Å². The average Bonchev–Trinajstić information content (AvgIpc) is 0.923. The molecular formula is C99H126N18. The maximum Gasteiger partial charge on any atom is 0.116 e. The van der Waals surface area contributed by atoms with Crippen LogP contribution in [0, 0.1) is 62.3 Å². The van der Waals surface area contributed by atoms with Gasteiger partial charge in [-0.05, 0) is 192 Å². The molecule has 0 bridgehead atoms. The van der Waals surface area contributed by atoms with Gasteiger partial charge in [0.2, 0.25) is 0 Å². The monoisotopic (exact) mass is 1570 g/mol. The van der Waals surface area contributed by atoms with Crippen LogP contribution in [0.3, 0.4) is 0 Å². The second kappa shape index (κ2) is 62.5. The van der Waals surface area contributed by atoms with E-state index in [0.29, 0.717) is 0 Å². The second-order valence-corrected chi connectivity index (χ2v) is 22.6. The minimum Gasteiger partial charge on any atom is -0.264 e. The van der Waals surface area contributed by atoms with Gasteiger partial charge >= 0.3 is 0 Å². The molecule has 0 saturated heterocycles. The number of aromatic nitrogens is 18. The summed E-state index contributed by atoms with van der Waals surface area (Å²) < 4.78 is 0. The molecule has 18 rings (SSSR count). The van der Waals surface area contributed by atoms with Gasteiger partial charge in [-0.25, -0.2) is 19.9 Å². The molecule has 0 amide bonds. The van der Waals surface area contributed by atoms with E-state index in [1.165, 1.54) is 44.2 Å². The predicted molar refractivity (Wildman–Crippen MR) is 501 cm³/mol. The summed E-state index contributed by atoms with van der Waals surface area (Å²) in [7, 11) is 0. The molecule has 612 valence electrons. The highest BCUT2D eigenvalue weighted by Crippen LogP contribution is 2.20. The highest BCUT2D eigenvalue weighted by Gasteiger charge is 2.02. The van der Waals surface area contributed by atoms with Crippen LogP contribution in [-0.2, 0) is 0 Å². The first-order valence-electron chi connectivity index (χ1n) is 40.8. The fourth-order valence-corrected chi connectivity index (χ4v) is 10.3. The average molecular weight is 1570 g/mol. The Balaban J connectivity index is 0.000000642. The van der Waals surface area contributed by atoms with E-state index in [9.17, 15) is 0 Å². The van der Waals surface area contributed by atoms with E-state index in [2.05, 4.69) is 123 Å². The summed E-state index contributed by atoms with van der Waals surface area (Å²) in [5.41, 5.74) is 19.4. The number of hydrogen-bond donors (Lipinski definition) is 0. The van der Waals surface area contributed by atoms with Gasteiger partial charge in [0.15, 0.2) is 0 Å². The zero-order chi connectivity index (χ0) is 87.1. The van der Waals surface area contributed by atoms with Gasteiger partial charge in [0, 0.05) is 179 Å². The van der Waals surface area contributed by atoms with Crippen molar-refractivity contribution in [2.45, 2.75) is 187 Å². The maximum absolute atomic E-state index is 4.24. The summed E-state index contributed by atoms with van der Waals surface area (Å²) in [4.78, 5) is 74.2. The van der Waals surface area contributed by atoms with Crippen LogP contribution < -0.4 is 0 Å². The number of nitrogens with zero attached hydrogens (tertiary/aromatic N) is 18. The number of para-hydroxylation sites is 2. The lowest BCUT2D eigenvalue weighted by Crippen LogP contribution is -1.84. The lowest BCUT2D eigenvalue weighted by atomic mass is 10.1. The molecule has 0 N–H and O–H groups in total. The smallest absolute Gasteiger partial charge is 0.116 e. The van der Waals surface area contributed by atoms with Crippen molar-refractivity contribution in [2.75, 3.05) is 0 Å². The van der Waals surface area contributed by atoms with Gasteiger partial charge in [-0.2, -0.15) is 0 Å². The molecule has 18 heteroatoms. The SMILES string of the molecule is CC.CC.CC.CC.CC.CC.CC.CC.CC.Cc1cccc2cncnc12.Cc1cccc2nccnc12.Cc1cccc2ncncc12.Cc1ccnc2cccnc12.Cc1ccnc2ccncc12.Cc1cncc2cccnc12.Cc1cncc2ccncc12.Cc1nccc2cccnc12.Cc1nccc2ccncc12. The summed E-state index contributed by atoms with van der Waals surface area (Å²) >= 11 is 0. The molecule has 0 saturated carbocycles. The normalized spacial score (nSPS) is 9.15. The molecule has 0 aliphatic rings. The molecule has 0 spiro atoms. The van der Waals surface area contributed by atoms with E-state index in [1.54, 1.807) is 74.6 Å². The first-order chi connectivity index (χ1) is 57.4. The van der Waals surface area contributed by atoms with Gasteiger partial charge < -0.3 is 0 Å². The van der Waals surface area contributed by atoms with Gasteiger partial charge in [0.25, 0.3) is 0 Å². The zero-order valence-corrected chi connectivity index (χ0v) is 74.5. The van der Waals surface area contributed by atoms with Crippen LogP contribution in [0.5, 0.6) is 0 Å². The quantitative estimate of drug-likeness (QED) is 0.137. The first kappa shape index (κ1) is 102. The number of hydrogen-bond acceptors (Lipinski definition) is 18. The van der Waals surface area contributed by atoms with Crippen LogP contribution >= 0.6 is 0 Å². The van der Waals surface area contributed by atoms with E-state index >= 15 is 0 Å². The van der Waals surface area contributed by atoms with Crippen molar-refractivity contribution in [1.29, 1.82) is 0 Å². The molecule has 15 heterocycles. The summed E-state index contributed by atoms with van der Waals surface area (Å²) in [6.45, 7) is 54.3. The molecule has 117 heavy (non-hydrogen) atoms. The largest absolute Gasteiger partial charge is 0.264 e. The number of fused-ring (bicyclic) bond motifs is 9. The van der Waals surface area contributed by atoms with Gasteiger partial charge in [-0.3, -0.25) is 69.8 Å². The Hall–Kier alpha value is -13.0. The van der Waals surface area contributed by atoms with Crippen LogP contribution in [0.15, 0.2) is 276 Å². The number of aryl methyl sites for hydroxylation is 9. The molecular weight excluding hydrogens is 1440 g/mol. The zero-order valence-electron chi connectivity index (χ0n) is 74.5. The van der Waals surface area contributed by atoms with Crippen molar-refractivity contribution in [3.05, 3.63) is 327 Å². The van der Waals surface area contributed by atoms with E-state index in [1.807, 2.05) is 356 Å². The van der Waals surface area contributed by atoms with E-state index in [0.717, 1.165) is 104 Å². The minimum absolute atomic E-state index is 0.965. The fraction of sp³-hybridized carbons (Fsp3) is 0.273. The summed E-state index contributed by atoms with van der Waals surface area (Å²) in [5, 5.41) is 10.3. The highest BCUT2D eigenvalue weighted by atomic mass is 14.8. The molecule has 18 aromatic rings. The molecule has 15 aromatic heterocycles.